The summed E-state index contributed by atoms with van der Waals surface area (Å²) in [5.74, 6) is 0. The highest BCUT2D eigenvalue weighted by Crippen LogP contribution is 2.00. The smallest absolute Gasteiger partial charge is 0.321 e. The van der Waals surface area contributed by atoms with Crippen molar-refractivity contribution in [2.24, 2.45) is 5.73 Å². The number of nitrogens with two attached hydrogens (primary N) is 1. The highest BCUT2D eigenvalue weighted by molar-refractivity contribution is 6.44. The molecule has 0 saturated heterocycles. The van der Waals surface area contributed by atoms with Crippen LogP contribution in [0.3, 0.4) is 0 Å². The van der Waals surface area contributed by atoms with Gasteiger partial charge in [-0.05, 0) is 32.9 Å². The summed E-state index contributed by atoms with van der Waals surface area (Å²) in [4.78, 5) is 0. The van der Waals surface area contributed by atoms with Crippen LogP contribution in [0.5, 0.6) is 0 Å². The third kappa shape index (κ3) is 8.65. The molecule has 0 aliphatic rings. The Morgan fingerprint density at radius 3 is 2.29 bits per heavy atom. The van der Waals surface area contributed by atoms with E-state index in [2.05, 4.69) is 5.32 Å². The Labute approximate surface area is 89.0 Å². The van der Waals surface area contributed by atoms with Crippen LogP contribution >= 0.6 is 0 Å². The summed E-state index contributed by atoms with van der Waals surface area (Å²) in [6.07, 6.45) is 1.12. The molecule has 0 spiro atoms. The molecule has 14 heavy (non-hydrogen) atoms. The van der Waals surface area contributed by atoms with Gasteiger partial charge in [-0.15, -0.1) is 0 Å². The monoisotopic (exact) mass is 220 g/mol. The summed E-state index contributed by atoms with van der Waals surface area (Å²) in [6, 6.07) is 1.08. The fraction of sp³-hybridized carbons (Fsp3) is 1.00. The number of rotatable bonds is 10. The van der Waals surface area contributed by atoms with E-state index in [-0.39, 0.29) is 0 Å². The first-order valence-electron chi connectivity index (χ1n) is 5.49. The zero-order valence-corrected chi connectivity index (χ0v) is 10.6. The van der Waals surface area contributed by atoms with E-state index in [9.17, 15) is 0 Å². The number of hydrogen-bond acceptors (Lipinski definition) is 4. The lowest BCUT2D eigenvalue weighted by Crippen LogP contribution is -2.27. The Morgan fingerprint density at radius 2 is 1.79 bits per heavy atom. The van der Waals surface area contributed by atoms with Crippen molar-refractivity contribution >= 4 is 9.28 Å². The maximum Gasteiger partial charge on any atom is 0.321 e. The quantitative estimate of drug-likeness (QED) is 0.408. The lowest BCUT2D eigenvalue weighted by molar-refractivity contribution is 0.213. The SMILES string of the molecule is CCO[SiH](CCCNCCN)OCC. The largest absolute Gasteiger partial charge is 0.397 e. The fourth-order valence-electron chi connectivity index (χ4n) is 1.21. The van der Waals surface area contributed by atoms with Gasteiger partial charge < -0.3 is 19.9 Å². The molecule has 0 amide bonds. The van der Waals surface area contributed by atoms with Crippen molar-refractivity contribution in [3.63, 3.8) is 0 Å². The van der Waals surface area contributed by atoms with Gasteiger partial charge in [-0.2, -0.15) is 0 Å². The van der Waals surface area contributed by atoms with Gasteiger partial charge in [-0.3, -0.25) is 0 Å². The van der Waals surface area contributed by atoms with Crippen LogP contribution in [-0.2, 0) is 8.85 Å². The molecule has 0 radical (unpaired) electrons. The summed E-state index contributed by atoms with van der Waals surface area (Å²) in [6.45, 7) is 8.20. The summed E-state index contributed by atoms with van der Waals surface area (Å²) >= 11 is 0. The molecular formula is C9H24N2O2Si. The molecule has 0 aromatic heterocycles. The van der Waals surface area contributed by atoms with Gasteiger partial charge in [-0.1, -0.05) is 0 Å². The predicted molar refractivity (Wildman–Crippen MR) is 61.7 cm³/mol. The molecule has 0 aliphatic carbocycles. The van der Waals surface area contributed by atoms with Crippen LogP contribution in [0.2, 0.25) is 6.04 Å². The molecule has 4 nitrogen and oxygen atoms in total. The molecule has 0 aromatic carbocycles. The van der Waals surface area contributed by atoms with E-state index in [4.69, 9.17) is 14.6 Å². The van der Waals surface area contributed by atoms with E-state index in [0.717, 1.165) is 38.8 Å². The first kappa shape index (κ1) is 14.1. The molecule has 0 aliphatic heterocycles. The molecule has 0 heterocycles. The maximum atomic E-state index is 5.55. The Balaban J connectivity index is 3.30. The molecule has 0 fully saturated rings. The van der Waals surface area contributed by atoms with Crippen LogP contribution in [0.15, 0.2) is 0 Å². The van der Waals surface area contributed by atoms with Crippen molar-refractivity contribution in [1.29, 1.82) is 0 Å². The van der Waals surface area contributed by atoms with E-state index in [0.29, 0.717) is 6.54 Å². The van der Waals surface area contributed by atoms with Crippen LogP contribution in [0.1, 0.15) is 20.3 Å². The van der Waals surface area contributed by atoms with Crippen LogP contribution in [0.4, 0.5) is 0 Å². The molecular weight excluding hydrogens is 196 g/mol. The van der Waals surface area contributed by atoms with Crippen molar-refractivity contribution in [1.82, 2.24) is 5.32 Å². The summed E-state index contributed by atoms with van der Waals surface area (Å²) in [7, 11) is -1.36. The number of nitrogens with one attached hydrogen (secondary N) is 1. The Kier molecular flexibility index (Phi) is 11.2. The summed E-state index contributed by atoms with van der Waals surface area (Å²) in [5.41, 5.74) is 5.36. The van der Waals surface area contributed by atoms with Crippen LogP contribution in [0, 0.1) is 0 Å². The average molecular weight is 220 g/mol. The normalized spacial score (nSPS) is 11.1. The molecule has 5 heteroatoms. The second kappa shape index (κ2) is 11.1. The van der Waals surface area contributed by atoms with Gasteiger partial charge in [0.05, 0.1) is 0 Å². The molecule has 0 unspecified atom stereocenters. The van der Waals surface area contributed by atoms with Gasteiger partial charge >= 0.3 is 9.28 Å². The van der Waals surface area contributed by atoms with Gasteiger partial charge in [0, 0.05) is 26.3 Å². The highest BCUT2D eigenvalue weighted by Gasteiger charge is 2.10. The number of hydrogen-bond donors (Lipinski definition) is 2. The highest BCUT2D eigenvalue weighted by atomic mass is 28.3. The van der Waals surface area contributed by atoms with Gasteiger partial charge in [0.2, 0.25) is 0 Å². The molecule has 3 N–H and O–H groups in total. The lowest BCUT2D eigenvalue weighted by Gasteiger charge is -2.14. The van der Waals surface area contributed by atoms with Gasteiger partial charge in [-0.25, -0.2) is 0 Å². The van der Waals surface area contributed by atoms with E-state index in [1.165, 1.54) is 0 Å². The molecule has 0 rings (SSSR count). The van der Waals surface area contributed by atoms with Crippen molar-refractivity contribution in [3.05, 3.63) is 0 Å². The molecule has 0 aromatic rings. The molecule has 0 saturated carbocycles. The molecule has 0 atom stereocenters. The Hall–Kier alpha value is 0.0569. The first-order chi connectivity index (χ1) is 6.85. The summed E-state index contributed by atoms with van der Waals surface area (Å²) < 4.78 is 11.1. The minimum Gasteiger partial charge on any atom is -0.397 e. The second-order valence-electron chi connectivity index (χ2n) is 3.02. The molecule has 0 bridgehead atoms. The Morgan fingerprint density at radius 1 is 1.14 bits per heavy atom. The summed E-state index contributed by atoms with van der Waals surface area (Å²) in [5, 5.41) is 3.26. The third-order valence-corrected chi connectivity index (χ3v) is 4.11. The van der Waals surface area contributed by atoms with Crippen molar-refractivity contribution in [3.8, 4) is 0 Å². The standard InChI is InChI=1S/C9H24N2O2Si/c1-3-12-14(13-4-2)9-5-7-11-8-6-10/h11,14H,3-10H2,1-2H3. The van der Waals surface area contributed by atoms with Gasteiger partial charge in [0.1, 0.15) is 0 Å². The van der Waals surface area contributed by atoms with E-state index < -0.39 is 9.28 Å². The zero-order chi connectivity index (χ0) is 10.6. The third-order valence-electron chi connectivity index (χ3n) is 1.82. The first-order valence-corrected chi connectivity index (χ1v) is 7.25. The second-order valence-corrected chi connectivity index (χ2v) is 5.12. The van der Waals surface area contributed by atoms with E-state index in [1.807, 2.05) is 13.8 Å². The maximum absolute atomic E-state index is 5.55. The van der Waals surface area contributed by atoms with Crippen molar-refractivity contribution < 1.29 is 8.85 Å². The predicted octanol–water partition coefficient (Wildman–Crippen LogP) is 0.218. The Bertz CT molecular complexity index is 111. The minimum atomic E-state index is -1.36. The van der Waals surface area contributed by atoms with Crippen LogP contribution < -0.4 is 11.1 Å². The van der Waals surface area contributed by atoms with E-state index >= 15 is 0 Å². The van der Waals surface area contributed by atoms with Gasteiger partial charge in [0.15, 0.2) is 0 Å². The topological polar surface area (TPSA) is 56.5 Å². The lowest BCUT2D eigenvalue weighted by atomic mass is 10.5. The molecule has 86 valence electrons. The minimum absolute atomic E-state index is 0.706. The average Bonchev–Trinajstić information content (AvgIpc) is 2.18. The zero-order valence-electron chi connectivity index (χ0n) is 9.42. The van der Waals surface area contributed by atoms with Crippen molar-refractivity contribution in [2.75, 3.05) is 32.8 Å². The van der Waals surface area contributed by atoms with Gasteiger partial charge in [0.25, 0.3) is 0 Å². The van der Waals surface area contributed by atoms with E-state index in [1.54, 1.807) is 0 Å². The van der Waals surface area contributed by atoms with Crippen molar-refractivity contribution in [2.45, 2.75) is 26.3 Å². The van der Waals surface area contributed by atoms with Crippen LogP contribution in [0.25, 0.3) is 0 Å². The fourth-order valence-corrected chi connectivity index (χ4v) is 2.92. The van der Waals surface area contributed by atoms with Crippen LogP contribution in [-0.4, -0.2) is 42.1 Å².